The van der Waals surface area contributed by atoms with E-state index in [1.807, 2.05) is 6.92 Å². The van der Waals surface area contributed by atoms with Crippen LogP contribution in [-0.4, -0.2) is 11.6 Å². The number of ether oxygens (including phenoxy) is 1. The van der Waals surface area contributed by atoms with Gasteiger partial charge >= 0.3 is 0 Å². The van der Waals surface area contributed by atoms with E-state index in [2.05, 4.69) is 10.3 Å². The zero-order valence-electron chi connectivity index (χ0n) is 9.98. The van der Waals surface area contributed by atoms with E-state index in [1.54, 1.807) is 30.5 Å². The van der Waals surface area contributed by atoms with Crippen LogP contribution in [0.25, 0.3) is 0 Å². The van der Waals surface area contributed by atoms with Gasteiger partial charge in [-0.25, -0.2) is 9.37 Å². The molecule has 3 N–H and O–H groups in total. The number of hydrogen-bond donors (Lipinski definition) is 2. The van der Waals surface area contributed by atoms with Gasteiger partial charge in [0.15, 0.2) is 11.6 Å². The molecule has 0 bridgehead atoms. The van der Waals surface area contributed by atoms with Crippen molar-refractivity contribution in [2.75, 3.05) is 17.7 Å². The molecule has 0 unspecified atom stereocenters. The molecule has 2 rings (SSSR count). The highest BCUT2D eigenvalue weighted by Crippen LogP contribution is 2.25. The second-order valence-electron chi connectivity index (χ2n) is 3.64. The first-order chi connectivity index (χ1) is 8.70. The van der Waals surface area contributed by atoms with E-state index < -0.39 is 5.82 Å². The molecule has 0 saturated carbocycles. The van der Waals surface area contributed by atoms with Crippen molar-refractivity contribution in [2.45, 2.75) is 6.92 Å². The van der Waals surface area contributed by atoms with Crippen LogP contribution in [0.4, 0.5) is 21.6 Å². The molecule has 1 heterocycles. The number of nitrogens with zero attached hydrogens (tertiary/aromatic N) is 1. The fourth-order valence-electron chi connectivity index (χ4n) is 1.53. The van der Waals surface area contributed by atoms with Gasteiger partial charge in [-0.1, -0.05) is 0 Å². The Morgan fingerprint density at radius 3 is 2.89 bits per heavy atom. The molecular formula is C13H14FN3O. The first kappa shape index (κ1) is 12.2. The molecule has 0 atom stereocenters. The van der Waals surface area contributed by atoms with Crippen LogP contribution in [0.2, 0.25) is 0 Å². The van der Waals surface area contributed by atoms with E-state index in [1.165, 1.54) is 6.07 Å². The Morgan fingerprint density at radius 1 is 1.39 bits per heavy atom. The molecule has 4 nitrogen and oxygen atoms in total. The summed E-state index contributed by atoms with van der Waals surface area (Å²) in [6, 6.07) is 8.19. The quantitative estimate of drug-likeness (QED) is 0.872. The molecule has 0 aliphatic rings. The maximum absolute atomic E-state index is 13.6. The zero-order chi connectivity index (χ0) is 13.0. The molecule has 0 aliphatic carbocycles. The third kappa shape index (κ3) is 2.68. The van der Waals surface area contributed by atoms with E-state index in [9.17, 15) is 4.39 Å². The van der Waals surface area contributed by atoms with Crippen LogP contribution in [-0.2, 0) is 0 Å². The highest BCUT2D eigenvalue weighted by Gasteiger charge is 2.05. The molecule has 1 aromatic carbocycles. The van der Waals surface area contributed by atoms with Crippen molar-refractivity contribution in [3.8, 4) is 5.75 Å². The molecule has 1 aromatic heterocycles. The van der Waals surface area contributed by atoms with E-state index in [0.29, 0.717) is 23.8 Å². The standard InChI is InChI=1S/C13H14FN3O/c1-2-18-12-6-5-9(8-10(12)14)17-11-4-3-7-16-13(11)15/h3-8,17H,2H2,1H3,(H2,15,16). The number of hydrogen-bond acceptors (Lipinski definition) is 4. The summed E-state index contributed by atoms with van der Waals surface area (Å²) in [5.41, 5.74) is 6.93. The molecule has 0 fully saturated rings. The predicted octanol–water partition coefficient (Wildman–Crippen LogP) is 2.95. The highest BCUT2D eigenvalue weighted by atomic mass is 19.1. The van der Waals surface area contributed by atoms with Gasteiger partial charge in [-0.15, -0.1) is 0 Å². The summed E-state index contributed by atoms with van der Waals surface area (Å²) in [5.74, 6) is 0.193. The lowest BCUT2D eigenvalue weighted by atomic mass is 10.2. The number of anilines is 3. The summed E-state index contributed by atoms with van der Waals surface area (Å²) in [6.07, 6.45) is 1.60. The molecule has 0 spiro atoms. The fraction of sp³-hybridized carbons (Fsp3) is 0.154. The minimum Gasteiger partial charge on any atom is -0.491 e. The smallest absolute Gasteiger partial charge is 0.167 e. The van der Waals surface area contributed by atoms with Crippen LogP contribution in [0, 0.1) is 5.82 Å². The molecule has 0 saturated heterocycles. The van der Waals surface area contributed by atoms with E-state index in [0.717, 1.165) is 0 Å². The van der Waals surface area contributed by atoms with Gasteiger partial charge in [0, 0.05) is 18.0 Å². The number of pyridine rings is 1. The van der Waals surface area contributed by atoms with Gasteiger partial charge in [0.1, 0.15) is 5.82 Å². The molecule has 18 heavy (non-hydrogen) atoms. The summed E-state index contributed by atoms with van der Waals surface area (Å²) in [4.78, 5) is 3.94. The lowest BCUT2D eigenvalue weighted by Crippen LogP contribution is -1.99. The van der Waals surface area contributed by atoms with Gasteiger partial charge in [0.2, 0.25) is 0 Å². The number of nitrogens with one attached hydrogen (secondary N) is 1. The van der Waals surface area contributed by atoms with Gasteiger partial charge in [-0.2, -0.15) is 0 Å². The van der Waals surface area contributed by atoms with Gasteiger partial charge in [0.05, 0.1) is 12.3 Å². The molecule has 0 radical (unpaired) electrons. The van der Waals surface area contributed by atoms with Gasteiger partial charge in [0.25, 0.3) is 0 Å². The Labute approximate surface area is 105 Å². The lowest BCUT2D eigenvalue weighted by Gasteiger charge is -2.10. The molecule has 0 amide bonds. The van der Waals surface area contributed by atoms with Crippen LogP contribution in [0.3, 0.4) is 0 Å². The maximum atomic E-state index is 13.6. The minimum atomic E-state index is -0.413. The predicted molar refractivity (Wildman–Crippen MR) is 69.5 cm³/mol. The average Bonchev–Trinajstić information content (AvgIpc) is 2.36. The monoisotopic (exact) mass is 247 g/mol. The highest BCUT2D eigenvalue weighted by molar-refractivity contribution is 5.69. The van der Waals surface area contributed by atoms with Crippen LogP contribution >= 0.6 is 0 Å². The van der Waals surface area contributed by atoms with Crippen LogP contribution in [0.15, 0.2) is 36.5 Å². The zero-order valence-corrected chi connectivity index (χ0v) is 9.98. The third-order valence-electron chi connectivity index (χ3n) is 2.35. The number of benzene rings is 1. The Hall–Kier alpha value is -2.30. The van der Waals surface area contributed by atoms with Crippen molar-refractivity contribution in [3.63, 3.8) is 0 Å². The second kappa shape index (κ2) is 5.35. The Bertz CT molecular complexity index is 546. The van der Waals surface area contributed by atoms with Gasteiger partial charge in [-0.05, 0) is 31.2 Å². The Kier molecular flexibility index (Phi) is 3.62. The fourth-order valence-corrected chi connectivity index (χ4v) is 1.53. The van der Waals surface area contributed by atoms with Crippen molar-refractivity contribution in [1.29, 1.82) is 0 Å². The summed E-state index contributed by atoms with van der Waals surface area (Å²) in [6.45, 7) is 2.24. The molecule has 5 heteroatoms. The first-order valence-electron chi connectivity index (χ1n) is 5.60. The van der Waals surface area contributed by atoms with E-state index in [-0.39, 0.29) is 5.75 Å². The summed E-state index contributed by atoms with van der Waals surface area (Å²) in [5, 5.41) is 3.00. The van der Waals surface area contributed by atoms with E-state index >= 15 is 0 Å². The average molecular weight is 247 g/mol. The third-order valence-corrected chi connectivity index (χ3v) is 2.35. The van der Waals surface area contributed by atoms with Crippen LogP contribution in [0.5, 0.6) is 5.75 Å². The topological polar surface area (TPSA) is 60.2 Å². The Morgan fingerprint density at radius 2 is 2.22 bits per heavy atom. The van der Waals surface area contributed by atoms with Crippen molar-refractivity contribution in [3.05, 3.63) is 42.3 Å². The number of nitrogens with two attached hydrogens (primary N) is 1. The minimum absolute atomic E-state index is 0.238. The summed E-state index contributed by atoms with van der Waals surface area (Å²) in [7, 11) is 0. The second-order valence-corrected chi connectivity index (χ2v) is 3.64. The number of halogens is 1. The maximum Gasteiger partial charge on any atom is 0.167 e. The normalized spacial score (nSPS) is 10.1. The van der Waals surface area contributed by atoms with Crippen molar-refractivity contribution in [2.24, 2.45) is 0 Å². The summed E-state index contributed by atoms with van der Waals surface area (Å²) >= 11 is 0. The van der Waals surface area contributed by atoms with Crippen molar-refractivity contribution >= 4 is 17.2 Å². The molecular weight excluding hydrogens is 233 g/mol. The number of nitrogen functional groups attached to an aromatic ring is 1. The summed E-state index contributed by atoms with van der Waals surface area (Å²) < 4.78 is 18.8. The Balaban J connectivity index is 2.20. The van der Waals surface area contributed by atoms with Crippen LogP contribution in [0.1, 0.15) is 6.92 Å². The molecule has 94 valence electrons. The largest absolute Gasteiger partial charge is 0.491 e. The lowest BCUT2D eigenvalue weighted by molar-refractivity contribution is 0.321. The van der Waals surface area contributed by atoms with Crippen molar-refractivity contribution in [1.82, 2.24) is 4.98 Å². The number of aromatic nitrogens is 1. The SMILES string of the molecule is CCOc1ccc(Nc2cccnc2N)cc1F. The molecule has 2 aromatic rings. The first-order valence-corrected chi connectivity index (χ1v) is 5.60. The van der Waals surface area contributed by atoms with E-state index in [4.69, 9.17) is 10.5 Å². The van der Waals surface area contributed by atoms with Gasteiger partial charge in [-0.3, -0.25) is 0 Å². The van der Waals surface area contributed by atoms with Crippen molar-refractivity contribution < 1.29 is 9.13 Å². The number of rotatable bonds is 4. The van der Waals surface area contributed by atoms with Crippen LogP contribution < -0.4 is 15.8 Å². The molecule has 0 aliphatic heterocycles. The van der Waals surface area contributed by atoms with Gasteiger partial charge < -0.3 is 15.8 Å².